The van der Waals surface area contributed by atoms with E-state index in [1.807, 2.05) is 0 Å². The highest BCUT2D eigenvalue weighted by atomic mass is 16.3. The van der Waals surface area contributed by atoms with Crippen LogP contribution in [0.25, 0.3) is 0 Å². The lowest BCUT2D eigenvalue weighted by atomic mass is 10.2. The summed E-state index contributed by atoms with van der Waals surface area (Å²) in [6.07, 6.45) is 4.52. The van der Waals surface area contributed by atoms with Crippen LogP contribution in [0.1, 0.15) is 12.5 Å². The molecule has 1 atom stereocenters. The van der Waals surface area contributed by atoms with Gasteiger partial charge in [-0.15, -0.1) is 6.42 Å². The smallest absolute Gasteiger partial charge is 0.313 e. The number of benzene rings is 1. The van der Waals surface area contributed by atoms with E-state index in [2.05, 4.69) is 16.6 Å². The molecule has 5 heteroatoms. The molecule has 5 nitrogen and oxygen atoms in total. The van der Waals surface area contributed by atoms with E-state index in [-0.39, 0.29) is 6.54 Å². The molecule has 0 saturated heterocycles. The number of hydrogen-bond donors (Lipinski definition) is 3. The van der Waals surface area contributed by atoms with Crippen LogP contribution in [0.2, 0.25) is 0 Å². The van der Waals surface area contributed by atoms with Crippen molar-refractivity contribution in [2.75, 3.05) is 11.9 Å². The van der Waals surface area contributed by atoms with Crippen molar-refractivity contribution < 1.29 is 14.7 Å². The van der Waals surface area contributed by atoms with Crippen molar-refractivity contribution in [3.63, 3.8) is 0 Å². The number of nitrogens with one attached hydrogen (secondary N) is 2. The fourth-order valence-electron chi connectivity index (χ4n) is 1.20. The molecule has 1 aromatic carbocycles. The molecule has 0 saturated carbocycles. The Morgan fingerprint density at radius 1 is 1.44 bits per heavy atom. The summed E-state index contributed by atoms with van der Waals surface area (Å²) in [5, 5.41) is 13.7. The minimum absolute atomic E-state index is 0.0245. The van der Waals surface area contributed by atoms with Gasteiger partial charge in [0, 0.05) is 17.8 Å². The summed E-state index contributed by atoms with van der Waals surface area (Å²) in [5.41, 5.74) is 1.06. The first-order valence-electron chi connectivity index (χ1n) is 5.37. The first-order chi connectivity index (χ1) is 8.52. The van der Waals surface area contributed by atoms with Gasteiger partial charge in [-0.05, 0) is 25.1 Å². The van der Waals surface area contributed by atoms with Gasteiger partial charge in [0.15, 0.2) is 0 Å². The molecule has 1 unspecified atom stereocenters. The Balaban J connectivity index is 2.59. The zero-order valence-corrected chi connectivity index (χ0v) is 9.93. The minimum atomic E-state index is -0.804. The summed E-state index contributed by atoms with van der Waals surface area (Å²) < 4.78 is 0. The maximum atomic E-state index is 11.5. The summed E-state index contributed by atoms with van der Waals surface area (Å²) in [5.74, 6) is 0.820. The Morgan fingerprint density at radius 2 is 2.17 bits per heavy atom. The summed E-state index contributed by atoms with van der Waals surface area (Å²) in [6, 6.07) is 6.60. The molecular weight excluding hydrogens is 232 g/mol. The third kappa shape index (κ3) is 4.28. The SMILES string of the molecule is C#Cc1cccc(NC(=O)C(=O)NCC(C)O)c1. The number of carbonyl (C=O) groups excluding carboxylic acids is 2. The Kier molecular flexibility index (Phi) is 4.90. The van der Waals surface area contributed by atoms with Gasteiger partial charge in [-0.2, -0.15) is 0 Å². The highest BCUT2D eigenvalue weighted by Crippen LogP contribution is 2.09. The van der Waals surface area contributed by atoms with Crippen LogP contribution in [0.5, 0.6) is 0 Å². The van der Waals surface area contributed by atoms with E-state index in [0.717, 1.165) is 0 Å². The summed E-state index contributed by atoms with van der Waals surface area (Å²) >= 11 is 0. The zero-order chi connectivity index (χ0) is 13.5. The number of amides is 2. The second-order valence-corrected chi connectivity index (χ2v) is 3.74. The van der Waals surface area contributed by atoms with Crippen LogP contribution >= 0.6 is 0 Å². The molecule has 1 rings (SSSR count). The number of anilines is 1. The Labute approximate surface area is 105 Å². The molecule has 0 fully saturated rings. The molecule has 2 amide bonds. The molecule has 18 heavy (non-hydrogen) atoms. The van der Waals surface area contributed by atoms with E-state index in [1.165, 1.54) is 6.92 Å². The minimum Gasteiger partial charge on any atom is -0.392 e. The Morgan fingerprint density at radius 3 is 2.78 bits per heavy atom. The predicted molar refractivity (Wildman–Crippen MR) is 67.7 cm³/mol. The third-order valence-corrected chi connectivity index (χ3v) is 2.05. The number of carbonyl (C=O) groups is 2. The number of aliphatic hydroxyl groups excluding tert-OH is 1. The van der Waals surface area contributed by atoms with Gasteiger partial charge in [-0.1, -0.05) is 12.0 Å². The number of aliphatic hydroxyl groups is 1. The topological polar surface area (TPSA) is 78.4 Å². The van der Waals surface area contributed by atoms with Gasteiger partial charge in [-0.3, -0.25) is 9.59 Å². The van der Waals surface area contributed by atoms with Gasteiger partial charge in [0.05, 0.1) is 6.10 Å². The van der Waals surface area contributed by atoms with Crippen LogP contribution in [-0.4, -0.2) is 29.6 Å². The molecule has 0 bridgehead atoms. The molecule has 3 N–H and O–H groups in total. The van der Waals surface area contributed by atoms with E-state index < -0.39 is 17.9 Å². The molecular formula is C13H14N2O3. The lowest BCUT2D eigenvalue weighted by molar-refractivity contribution is -0.136. The molecule has 94 valence electrons. The van der Waals surface area contributed by atoms with E-state index >= 15 is 0 Å². The molecule has 0 aliphatic rings. The fourth-order valence-corrected chi connectivity index (χ4v) is 1.20. The Hall–Kier alpha value is -2.32. The molecule has 0 aromatic heterocycles. The van der Waals surface area contributed by atoms with E-state index in [0.29, 0.717) is 11.3 Å². The van der Waals surface area contributed by atoms with E-state index in [4.69, 9.17) is 11.5 Å². The van der Waals surface area contributed by atoms with Crippen LogP contribution < -0.4 is 10.6 Å². The molecule has 0 aliphatic carbocycles. The molecule has 0 spiro atoms. The maximum Gasteiger partial charge on any atom is 0.313 e. The first kappa shape index (κ1) is 13.7. The van der Waals surface area contributed by atoms with Gasteiger partial charge in [0.2, 0.25) is 0 Å². The normalized spacial score (nSPS) is 11.2. The van der Waals surface area contributed by atoms with Crippen LogP contribution in [0, 0.1) is 12.3 Å². The van der Waals surface area contributed by atoms with E-state index in [1.54, 1.807) is 24.3 Å². The van der Waals surface area contributed by atoms with Crippen LogP contribution in [0.4, 0.5) is 5.69 Å². The second kappa shape index (κ2) is 6.42. The van der Waals surface area contributed by atoms with Crippen molar-refractivity contribution >= 4 is 17.5 Å². The average molecular weight is 246 g/mol. The third-order valence-electron chi connectivity index (χ3n) is 2.05. The van der Waals surface area contributed by atoms with Gasteiger partial charge in [0.1, 0.15) is 0 Å². The van der Waals surface area contributed by atoms with Crippen LogP contribution in [0.15, 0.2) is 24.3 Å². The van der Waals surface area contributed by atoms with Gasteiger partial charge in [-0.25, -0.2) is 0 Å². The number of rotatable bonds is 3. The Bertz CT molecular complexity index is 489. The lowest BCUT2D eigenvalue weighted by Gasteiger charge is -2.08. The molecule has 0 aliphatic heterocycles. The van der Waals surface area contributed by atoms with Gasteiger partial charge < -0.3 is 15.7 Å². The fraction of sp³-hybridized carbons (Fsp3) is 0.231. The van der Waals surface area contributed by atoms with Crippen molar-refractivity contribution in [3.05, 3.63) is 29.8 Å². The van der Waals surface area contributed by atoms with Crippen molar-refractivity contribution in [2.24, 2.45) is 0 Å². The summed E-state index contributed by atoms with van der Waals surface area (Å²) in [7, 11) is 0. The zero-order valence-electron chi connectivity index (χ0n) is 9.93. The number of terminal acetylenes is 1. The van der Waals surface area contributed by atoms with Crippen molar-refractivity contribution in [1.29, 1.82) is 0 Å². The predicted octanol–water partition coefficient (Wildman–Crippen LogP) is 0.103. The molecule has 0 heterocycles. The van der Waals surface area contributed by atoms with Crippen molar-refractivity contribution in [1.82, 2.24) is 5.32 Å². The van der Waals surface area contributed by atoms with Crippen molar-refractivity contribution in [3.8, 4) is 12.3 Å². The van der Waals surface area contributed by atoms with Crippen molar-refractivity contribution in [2.45, 2.75) is 13.0 Å². The van der Waals surface area contributed by atoms with Crippen LogP contribution in [0.3, 0.4) is 0 Å². The van der Waals surface area contributed by atoms with Crippen LogP contribution in [-0.2, 0) is 9.59 Å². The summed E-state index contributed by atoms with van der Waals surface area (Å²) in [6.45, 7) is 1.53. The monoisotopic (exact) mass is 246 g/mol. The van der Waals surface area contributed by atoms with Gasteiger partial charge >= 0.3 is 11.8 Å². The lowest BCUT2D eigenvalue weighted by Crippen LogP contribution is -2.38. The highest BCUT2D eigenvalue weighted by Gasteiger charge is 2.13. The highest BCUT2D eigenvalue weighted by molar-refractivity contribution is 6.39. The quantitative estimate of drug-likeness (QED) is 0.523. The molecule has 0 radical (unpaired) electrons. The first-order valence-corrected chi connectivity index (χ1v) is 5.37. The summed E-state index contributed by atoms with van der Waals surface area (Å²) in [4.78, 5) is 22.8. The van der Waals surface area contributed by atoms with E-state index in [9.17, 15) is 9.59 Å². The number of hydrogen-bond acceptors (Lipinski definition) is 3. The maximum absolute atomic E-state index is 11.5. The standard InChI is InChI=1S/C13H14N2O3/c1-3-10-5-4-6-11(7-10)15-13(18)12(17)14-8-9(2)16/h1,4-7,9,16H,8H2,2H3,(H,14,17)(H,15,18). The molecule has 1 aromatic rings. The average Bonchev–Trinajstić information content (AvgIpc) is 2.36. The largest absolute Gasteiger partial charge is 0.392 e. The second-order valence-electron chi connectivity index (χ2n) is 3.74. The van der Waals surface area contributed by atoms with Gasteiger partial charge in [0.25, 0.3) is 0 Å².